The van der Waals surface area contributed by atoms with Crippen LogP contribution in [0.2, 0.25) is 5.02 Å². The van der Waals surface area contributed by atoms with Crippen LogP contribution in [0, 0.1) is 6.92 Å². The summed E-state index contributed by atoms with van der Waals surface area (Å²) in [6.45, 7) is 3.08. The molecule has 0 atom stereocenters. The van der Waals surface area contributed by atoms with Crippen LogP contribution in [0.4, 0.5) is 11.4 Å². The molecule has 0 bridgehead atoms. The second-order valence-electron chi connectivity index (χ2n) is 7.41. The number of nitrogens with zero attached hydrogens (tertiary/aromatic N) is 1. The summed E-state index contributed by atoms with van der Waals surface area (Å²) in [5.74, 6) is -0.608. The number of ether oxygens (including phenoxy) is 2. The molecule has 0 aliphatic rings. The number of halogens is 1. The van der Waals surface area contributed by atoms with Crippen LogP contribution in [0.5, 0.6) is 5.75 Å². The molecule has 0 aromatic heterocycles. The molecular weight excluding hydrogens is 492 g/mol. The first-order valence-electron chi connectivity index (χ1n) is 10.7. The van der Waals surface area contributed by atoms with Crippen molar-refractivity contribution in [1.82, 2.24) is 0 Å². The highest BCUT2D eigenvalue weighted by atomic mass is 35.5. The van der Waals surface area contributed by atoms with Crippen molar-refractivity contribution in [2.75, 3.05) is 29.9 Å². The molecule has 0 aliphatic heterocycles. The number of methoxy groups -OCH3 is 1. The molecule has 0 saturated carbocycles. The topological polar surface area (TPSA) is 102 Å². The first-order chi connectivity index (χ1) is 16.7. The fourth-order valence-corrected chi connectivity index (χ4v) is 4.87. The molecule has 8 nitrogen and oxygen atoms in total. The Morgan fingerprint density at radius 1 is 1.00 bits per heavy atom. The van der Waals surface area contributed by atoms with Crippen molar-refractivity contribution in [3.8, 4) is 5.75 Å². The molecule has 10 heteroatoms. The van der Waals surface area contributed by atoms with E-state index in [1.807, 2.05) is 0 Å². The van der Waals surface area contributed by atoms with E-state index in [0.717, 1.165) is 4.31 Å². The predicted octanol–water partition coefficient (Wildman–Crippen LogP) is 4.67. The summed E-state index contributed by atoms with van der Waals surface area (Å²) in [6, 6.07) is 16.8. The van der Waals surface area contributed by atoms with Crippen molar-refractivity contribution >= 4 is 44.9 Å². The molecule has 184 valence electrons. The third-order valence-corrected chi connectivity index (χ3v) is 7.19. The number of rotatable bonds is 9. The number of carbonyl (C=O) groups excluding carboxylic acids is 2. The third-order valence-electron chi connectivity index (χ3n) is 5.15. The zero-order valence-electron chi connectivity index (χ0n) is 19.4. The standard InChI is InChI=1S/C25H25ClN2O6S/c1-4-34-25(30)22-6-5-7-23(17(22)2)27-24(29)16-28(19-10-8-18(26)9-11-19)35(31,32)21-14-12-20(33-3)13-15-21/h5-15H,4,16H2,1-3H3,(H,27,29). The van der Waals surface area contributed by atoms with Gasteiger partial charge in [-0.3, -0.25) is 9.10 Å². The lowest BCUT2D eigenvalue weighted by atomic mass is 10.1. The molecule has 3 aromatic rings. The van der Waals surface area contributed by atoms with Crippen LogP contribution < -0.4 is 14.4 Å². The van der Waals surface area contributed by atoms with Crippen LogP contribution in [0.3, 0.4) is 0 Å². The lowest BCUT2D eigenvalue weighted by Gasteiger charge is -2.24. The van der Waals surface area contributed by atoms with Crippen LogP contribution in [0.1, 0.15) is 22.8 Å². The minimum atomic E-state index is -4.12. The summed E-state index contributed by atoms with van der Waals surface area (Å²) in [5.41, 5.74) is 1.45. The fourth-order valence-electron chi connectivity index (χ4n) is 3.32. The average molecular weight is 517 g/mol. The van der Waals surface area contributed by atoms with Crippen molar-refractivity contribution in [1.29, 1.82) is 0 Å². The van der Waals surface area contributed by atoms with E-state index in [2.05, 4.69) is 5.32 Å². The Balaban J connectivity index is 1.92. The number of anilines is 2. The van der Waals surface area contributed by atoms with Gasteiger partial charge in [-0.25, -0.2) is 13.2 Å². The molecule has 0 unspecified atom stereocenters. The molecule has 0 radical (unpaired) electrons. The van der Waals surface area contributed by atoms with Crippen LogP contribution in [-0.2, 0) is 19.6 Å². The van der Waals surface area contributed by atoms with Gasteiger partial charge in [-0.1, -0.05) is 17.7 Å². The Morgan fingerprint density at radius 3 is 2.26 bits per heavy atom. The maximum Gasteiger partial charge on any atom is 0.338 e. The van der Waals surface area contributed by atoms with E-state index < -0.39 is 28.4 Å². The molecule has 0 spiro atoms. The van der Waals surface area contributed by atoms with Crippen LogP contribution in [0.25, 0.3) is 0 Å². The average Bonchev–Trinajstić information content (AvgIpc) is 2.84. The van der Waals surface area contributed by atoms with Crippen molar-refractivity contribution < 1.29 is 27.5 Å². The van der Waals surface area contributed by atoms with Gasteiger partial charge in [0.1, 0.15) is 12.3 Å². The molecule has 1 amide bonds. The maximum atomic E-state index is 13.5. The SMILES string of the molecule is CCOC(=O)c1cccc(NC(=O)CN(c2ccc(Cl)cc2)S(=O)(=O)c2ccc(OC)cc2)c1C. The first-order valence-corrected chi connectivity index (χ1v) is 12.5. The highest BCUT2D eigenvalue weighted by molar-refractivity contribution is 7.92. The highest BCUT2D eigenvalue weighted by Gasteiger charge is 2.28. The molecular formula is C25H25ClN2O6S. The summed E-state index contributed by atoms with van der Waals surface area (Å²) in [4.78, 5) is 25.2. The molecule has 35 heavy (non-hydrogen) atoms. The van der Waals surface area contributed by atoms with E-state index in [0.29, 0.717) is 27.6 Å². The summed E-state index contributed by atoms with van der Waals surface area (Å²) in [6.07, 6.45) is 0. The van der Waals surface area contributed by atoms with Crippen molar-refractivity contribution in [2.24, 2.45) is 0 Å². The zero-order chi connectivity index (χ0) is 25.6. The first kappa shape index (κ1) is 26.1. The highest BCUT2D eigenvalue weighted by Crippen LogP contribution is 2.27. The monoisotopic (exact) mass is 516 g/mol. The Kier molecular flexibility index (Phi) is 8.37. The zero-order valence-corrected chi connectivity index (χ0v) is 21.0. The summed E-state index contributed by atoms with van der Waals surface area (Å²) >= 11 is 5.98. The van der Waals surface area contributed by atoms with Gasteiger partial charge in [0, 0.05) is 10.7 Å². The number of hydrogen-bond donors (Lipinski definition) is 1. The van der Waals surface area contributed by atoms with Crippen molar-refractivity contribution in [3.63, 3.8) is 0 Å². The van der Waals surface area contributed by atoms with Gasteiger partial charge in [0.05, 0.1) is 29.9 Å². The molecule has 3 aromatic carbocycles. The number of carbonyl (C=O) groups is 2. The normalized spacial score (nSPS) is 11.0. The van der Waals surface area contributed by atoms with Gasteiger partial charge < -0.3 is 14.8 Å². The second kappa shape index (κ2) is 11.2. The number of esters is 1. The Hall–Kier alpha value is -3.56. The third kappa shape index (κ3) is 6.12. The molecule has 1 N–H and O–H groups in total. The largest absolute Gasteiger partial charge is 0.497 e. The van der Waals surface area contributed by atoms with E-state index in [-0.39, 0.29) is 17.2 Å². The van der Waals surface area contributed by atoms with Crippen LogP contribution >= 0.6 is 11.6 Å². The van der Waals surface area contributed by atoms with Crippen molar-refractivity contribution in [3.05, 3.63) is 82.9 Å². The van der Waals surface area contributed by atoms with Crippen molar-refractivity contribution in [2.45, 2.75) is 18.7 Å². The van der Waals surface area contributed by atoms with Crippen LogP contribution in [-0.4, -0.2) is 40.6 Å². The van der Waals surface area contributed by atoms with Gasteiger partial charge in [-0.15, -0.1) is 0 Å². The van der Waals surface area contributed by atoms with E-state index in [9.17, 15) is 18.0 Å². The molecule has 0 saturated heterocycles. The second-order valence-corrected chi connectivity index (χ2v) is 9.71. The van der Waals surface area contributed by atoms with E-state index in [1.54, 1.807) is 32.0 Å². The smallest absolute Gasteiger partial charge is 0.338 e. The summed E-state index contributed by atoms with van der Waals surface area (Å²) in [7, 11) is -2.64. The molecule has 3 rings (SSSR count). The number of sulfonamides is 1. The van der Waals surface area contributed by atoms with Gasteiger partial charge >= 0.3 is 5.97 Å². The minimum absolute atomic E-state index is 0.0125. The quantitative estimate of drug-likeness (QED) is 0.415. The molecule has 0 aliphatic carbocycles. The summed E-state index contributed by atoms with van der Waals surface area (Å²) < 4.78 is 38.1. The predicted molar refractivity (Wildman–Crippen MR) is 135 cm³/mol. The summed E-state index contributed by atoms with van der Waals surface area (Å²) in [5, 5.41) is 3.12. The maximum absolute atomic E-state index is 13.5. The van der Waals surface area contributed by atoms with E-state index >= 15 is 0 Å². The van der Waals surface area contributed by atoms with Gasteiger partial charge in [0.15, 0.2) is 0 Å². The number of nitrogens with one attached hydrogen (secondary N) is 1. The molecule has 0 fully saturated rings. The Morgan fingerprint density at radius 2 is 1.66 bits per heavy atom. The van der Waals surface area contributed by atoms with Crippen LogP contribution in [0.15, 0.2) is 71.6 Å². The fraction of sp³-hybridized carbons (Fsp3) is 0.200. The van der Waals surface area contributed by atoms with Gasteiger partial charge in [0.25, 0.3) is 10.0 Å². The number of hydrogen-bond acceptors (Lipinski definition) is 6. The Bertz CT molecular complexity index is 1310. The molecule has 0 heterocycles. The number of benzene rings is 3. The Labute approximate surface area is 209 Å². The van der Waals surface area contributed by atoms with E-state index in [4.69, 9.17) is 21.1 Å². The lowest BCUT2D eigenvalue weighted by molar-refractivity contribution is -0.114. The number of amides is 1. The minimum Gasteiger partial charge on any atom is -0.497 e. The van der Waals surface area contributed by atoms with Gasteiger partial charge in [0.2, 0.25) is 5.91 Å². The van der Waals surface area contributed by atoms with Gasteiger partial charge in [-0.2, -0.15) is 0 Å². The lowest BCUT2D eigenvalue weighted by Crippen LogP contribution is -2.38. The van der Waals surface area contributed by atoms with E-state index in [1.165, 1.54) is 55.6 Å². The van der Waals surface area contributed by atoms with Gasteiger partial charge in [-0.05, 0) is 80.1 Å².